The Morgan fingerprint density at radius 3 is 3.19 bits per heavy atom. The van der Waals surface area contributed by atoms with Gasteiger partial charge in [0.1, 0.15) is 12.0 Å². The second kappa shape index (κ2) is 4.49. The highest BCUT2D eigenvalue weighted by Crippen LogP contribution is 2.27. The molecule has 0 bridgehead atoms. The van der Waals surface area contributed by atoms with E-state index in [1.807, 2.05) is 0 Å². The lowest BCUT2D eigenvalue weighted by molar-refractivity contribution is -0.118. The Balaban J connectivity index is 2.25. The van der Waals surface area contributed by atoms with E-state index in [2.05, 4.69) is 17.2 Å². The lowest BCUT2D eigenvalue weighted by atomic mass is 10.1. The maximum absolute atomic E-state index is 11.1. The van der Waals surface area contributed by atoms with Crippen molar-refractivity contribution in [1.29, 1.82) is 0 Å². The average Bonchev–Trinajstić information content (AvgIpc) is 2.29. The standard InChI is InChI=1S/C12H9NO3/c14-6-2-1-3-9-4-5-11-10(7-9)13-12(15)8-16-11/h4-7H,2,8H2,(H,13,15). The van der Waals surface area contributed by atoms with Gasteiger partial charge >= 0.3 is 0 Å². The molecule has 0 saturated heterocycles. The van der Waals surface area contributed by atoms with E-state index in [4.69, 9.17) is 4.74 Å². The normalized spacial score (nSPS) is 12.6. The number of aldehydes is 1. The number of benzene rings is 1. The number of amides is 1. The fraction of sp³-hybridized carbons (Fsp3) is 0.167. The summed E-state index contributed by atoms with van der Waals surface area (Å²) in [6, 6.07) is 5.26. The van der Waals surface area contributed by atoms with Gasteiger partial charge in [0.25, 0.3) is 5.91 Å². The van der Waals surface area contributed by atoms with Crippen LogP contribution in [0.15, 0.2) is 18.2 Å². The third kappa shape index (κ3) is 2.20. The molecule has 0 unspecified atom stereocenters. The Morgan fingerprint density at radius 1 is 1.50 bits per heavy atom. The predicted molar refractivity (Wildman–Crippen MR) is 58.1 cm³/mol. The number of rotatable bonds is 1. The van der Waals surface area contributed by atoms with Crippen LogP contribution < -0.4 is 10.1 Å². The van der Waals surface area contributed by atoms with Gasteiger partial charge in [0.2, 0.25) is 0 Å². The van der Waals surface area contributed by atoms with Gasteiger partial charge < -0.3 is 14.8 Å². The minimum atomic E-state index is -0.175. The fourth-order valence-electron chi connectivity index (χ4n) is 1.36. The first kappa shape index (κ1) is 10.2. The Hall–Kier alpha value is -2.28. The van der Waals surface area contributed by atoms with Gasteiger partial charge in [-0.2, -0.15) is 0 Å². The van der Waals surface area contributed by atoms with E-state index in [0.717, 1.165) is 11.8 Å². The first-order valence-electron chi connectivity index (χ1n) is 4.79. The summed E-state index contributed by atoms with van der Waals surface area (Å²) in [6.07, 6.45) is 0.955. The topological polar surface area (TPSA) is 55.4 Å². The highest BCUT2D eigenvalue weighted by Gasteiger charge is 2.15. The fourth-order valence-corrected chi connectivity index (χ4v) is 1.36. The van der Waals surface area contributed by atoms with Crippen molar-refractivity contribution in [3.05, 3.63) is 23.8 Å². The zero-order valence-electron chi connectivity index (χ0n) is 8.45. The van der Waals surface area contributed by atoms with Gasteiger partial charge in [-0.25, -0.2) is 0 Å². The van der Waals surface area contributed by atoms with Gasteiger partial charge in [-0.1, -0.05) is 11.8 Å². The maximum Gasteiger partial charge on any atom is 0.262 e. The van der Waals surface area contributed by atoms with Gasteiger partial charge in [-0.15, -0.1) is 0 Å². The number of anilines is 1. The molecule has 0 aromatic heterocycles. The summed E-state index contributed by atoms with van der Waals surface area (Å²) in [4.78, 5) is 21.2. The summed E-state index contributed by atoms with van der Waals surface area (Å²) in [5.41, 5.74) is 1.36. The van der Waals surface area contributed by atoms with Crippen LogP contribution in [-0.4, -0.2) is 18.8 Å². The molecule has 1 amide bonds. The first-order chi connectivity index (χ1) is 7.79. The number of nitrogens with one attached hydrogen (secondary N) is 1. The van der Waals surface area contributed by atoms with Crippen molar-refractivity contribution < 1.29 is 14.3 Å². The van der Waals surface area contributed by atoms with Crippen LogP contribution in [0.25, 0.3) is 0 Å². The number of hydrogen-bond acceptors (Lipinski definition) is 3. The van der Waals surface area contributed by atoms with Gasteiger partial charge in [0.15, 0.2) is 6.61 Å². The molecule has 1 aromatic rings. The molecule has 4 nitrogen and oxygen atoms in total. The van der Waals surface area contributed by atoms with Crippen LogP contribution in [0.1, 0.15) is 12.0 Å². The van der Waals surface area contributed by atoms with Gasteiger partial charge in [0, 0.05) is 5.56 Å². The summed E-state index contributed by atoms with van der Waals surface area (Å²) in [5, 5.41) is 2.69. The molecule has 80 valence electrons. The van der Waals surface area contributed by atoms with Crippen molar-refractivity contribution in [3.63, 3.8) is 0 Å². The molecular formula is C12H9NO3. The van der Waals surface area contributed by atoms with Crippen molar-refractivity contribution in [1.82, 2.24) is 0 Å². The summed E-state index contributed by atoms with van der Waals surface area (Å²) in [5.74, 6) is 5.98. The molecule has 0 aliphatic carbocycles. The molecule has 2 rings (SSSR count). The smallest absolute Gasteiger partial charge is 0.262 e. The number of ether oxygens (including phenoxy) is 1. The molecule has 1 aliphatic heterocycles. The van der Waals surface area contributed by atoms with Crippen molar-refractivity contribution in [3.8, 4) is 17.6 Å². The Bertz CT molecular complexity index is 497. The summed E-state index contributed by atoms with van der Waals surface area (Å²) >= 11 is 0. The molecule has 1 aliphatic rings. The van der Waals surface area contributed by atoms with E-state index in [9.17, 15) is 9.59 Å². The molecule has 0 atom stereocenters. The zero-order chi connectivity index (χ0) is 11.4. The van der Waals surface area contributed by atoms with Gasteiger partial charge in [-0.3, -0.25) is 4.79 Å². The van der Waals surface area contributed by atoms with E-state index >= 15 is 0 Å². The van der Waals surface area contributed by atoms with Crippen LogP contribution in [0, 0.1) is 11.8 Å². The quantitative estimate of drug-likeness (QED) is 0.560. The SMILES string of the molecule is O=CCC#Cc1ccc2c(c1)NC(=O)CO2. The monoisotopic (exact) mass is 215 g/mol. The predicted octanol–water partition coefficient (Wildman–Crippen LogP) is 0.958. The molecule has 1 N–H and O–H groups in total. The van der Waals surface area contributed by atoms with Crippen LogP contribution >= 0.6 is 0 Å². The molecule has 0 fully saturated rings. The molecule has 4 heteroatoms. The average molecular weight is 215 g/mol. The molecule has 0 radical (unpaired) electrons. The van der Waals surface area contributed by atoms with Crippen molar-refractivity contribution in [2.24, 2.45) is 0 Å². The highest BCUT2D eigenvalue weighted by molar-refractivity contribution is 5.95. The number of carbonyl (C=O) groups is 2. The van der Waals surface area contributed by atoms with E-state index in [0.29, 0.717) is 11.4 Å². The van der Waals surface area contributed by atoms with Crippen LogP contribution in [-0.2, 0) is 9.59 Å². The Kier molecular flexibility index (Phi) is 2.88. The molecule has 0 spiro atoms. The van der Waals surface area contributed by atoms with Crippen LogP contribution in [0.2, 0.25) is 0 Å². The number of hydrogen-bond donors (Lipinski definition) is 1. The van der Waals surface area contributed by atoms with E-state index in [1.54, 1.807) is 18.2 Å². The lowest BCUT2D eigenvalue weighted by Gasteiger charge is -2.17. The van der Waals surface area contributed by atoms with Crippen molar-refractivity contribution >= 4 is 17.9 Å². The molecule has 16 heavy (non-hydrogen) atoms. The molecule has 0 saturated carbocycles. The zero-order valence-corrected chi connectivity index (χ0v) is 8.45. The molecule has 1 heterocycles. The largest absolute Gasteiger partial charge is 0.482 e. The second-order valence-corrected chi connectivity index (χ2v) is 3.22. The summed E-state index contributed by atoms with van der Waals surface area (Å²) in [7, 11) is 0. The lowest BCUT2D eigenvalue weighted by Crippen LogP contribution is -2.25. The maximum atomic E-state index is 11.1. The van der Waals surface area contributed by atoms with Crippen molar-refractivity contribution in [2.75, 3.05) is 11.9 Å². The van der Waals surface area contributed by atoms with E-state index in [-0.39, 0.29) is 18.9 Å². The molecule has 1 aromatic carbocycles. The van der Waals surface area contributed by atoms with Crippen LogP contribution in [0.5, 0.6) is 5.75 Å². The van der Waals surface area contributed by atoms with Gasteiger partial charge in [0.05, 0.1) is 12.1 Å². The van der Waals surface area contributed by atoms with Crippen LogP contribution in [0.4, 0.5) is 5.69 Å². The highest BCUT2D eigenvalue weighted by atomic mass is 16.5. The molecular weight excluding hydrogens is 206 g/mol. The third-order valence-corrected chi connectivity index (χ3v) is 2.03. The first-order valence-corrected chi connectivity index (χ1v) is 4.79. The van der Waals surface area contributed by atoms with Crippen molar-refractivity contribution in [2.45, 2.75) is 6.42 Å². The third-order valence-electron chi connectivity index (χ3n) is 2.03. The van der Waals surface area contributed by atoms with Gasteiger partial charge in [-0.05, 0) is 18.2 Å². The van der Waals surface area contributed by atoms with E-state index in [1.165, 1.54) is 0 Å². The summed E-state index contributed by atoms with van der Waals surface area (Å²) in [6.45, 7) is 0.0448. The Morgan fingerprint density at radius 2 is 2.38 bits per heavy atom. The minimum absolute atomic E-state index is 0.0448. The summed E-state index contributed by atoms with van der Waals surface area (Å²) < 4.78 is 5.20. The second-order valence-electron chi connectivity index (χ2n) is 3.22. The number of carbonyl (C=O) groups excluding carboxylic acids is 2. The minimum Gasteiger partial charge on any atom is -0.482 e. The van der Waals surface area contributed by atoms with E-state index < -0.39 is 0 Å². The van der Waals surface area contributed by atoms with Crippen LogP contribution in [0.3, 0.4) is 0 Å². The number of fused-ring (bicyclic) bond motifs is 1. The Labute approximate surface area is 92.6 Å².